The third-order valence-electron chi connectivity index (χ3n) is 5.63. The zero-order chi connectivity index (χ0) is 18.8. The van der Waals surface area contributed by atoms with E-state index < -0.39 is 11.9 Å². The predicted octanol–water partition coefficient (Wildman–Crippen LogP) is 2.45. The van der Waals surface area contributed by atoms with Crippen LogP contribution in [0.2, 0.25) is 0 Å². The third kappa shape index (κ3) is 3.79. The molecule has 1 unspecified atom stereocenters. The molecule has 1 aliphatic heterocycles. The summed E-state index contributed by atoms with van der Waals surface area (Å²) in [4.78, 5) is 26.2. The second kappa shape index (κ2) is 7.56. The third-order valence-corrected chi connectivity index (χ3v) is 5.63. The fourth-order valence-corrected chi connectivity index (χ4v) is 4.03. The fourth-order valence-electron chi connectivity index (χ4n) is 4.03. The maximum atomic E-state index is 12.9. The van der Waals surface area contributed by atoms with Gasteiger partial charge in [0.05, 0.1) is 20.1 Å². The van der Waals surface area contributed by atoms with Crippen molar-refractivity contribution in [2.45, 2.75) is 26.2 Å². The van der Waals surface area contributed by atoms with Crippen LogP contribution in [0.4, 0.5) is 0 Å². The molecule has 26 heavy (non-hydrogen) atoms. The van der Waals surface area contributed by atoms with E-state index in [2.05, 4.69) is 0 Å². The zero-order valence-corrected chi connectivity index (χ0v) is 15.6. The van der Waals surface area contributed by atoms with Crippen LogP contribution in [0.15, 0.2) is 18.2 Å². The first-order chi connectivity index (χ1) is 12.4. The van der Waals surface area contributed by atoms with Crippen molar-refractivity contribution in [3.8, 4) is 11.5 Å². The summed E-state index contributed by atoms with van der Waals surface area (Å²) in [6, 6.07) is 5.66. The average molecular weight is 361 g/mol. The average Bonchev–Trinajstić information content (AvgIpc) is 3.38. The summed E-state index contributed by atoms with van der Waals surface area (Å²) in [5.74, 6) is 0.538. The minimum absolute atomic E-state index is 0.0363. The molecule has 3 atom stereocenters. The largest absolute Gasteiger partial charge is 0.493 e. The van der Waals surface area contributed by atoms with Crippen LogP contribution in [0.5, 0.6) is 11.5 Å². The number of nitrogens with zero attached hydrogens (tertiary/aromatic N) is 1. The van der Waals surface area contributed by atoms with Gasteiger partial charge >= 0.3 is 5.97 Å². The van der Waals surface area contributed by atoms with Crippen LogP contribution in [0.1, 0.15) is 25.3 Å². The normalized spacial score (nSPS) is 23.6. The Morgan fingerprint density at radius 1 is 1.19 bits per heavy atom. The van der Waals surface area contributed by atoms with Gasteiger partial charge in [-0.3, -0.25) is 9.59 Å². The van der Waals surface area contributed by atoms with Crippen molar-refractivity contribution in [3.05, 3.63) is 23.8 Å². The lowest BCUT2D eigenvalue weighted by molar-refractivity contribution is -0.143. The molecule has 6 nitrogen and oxygen atoms in total. The summed E-state index contributed by atoms with van der Waals surface area (Å²) in [6.45, 7) is 2.82. The molecule has 1 saturated carbocycles. The number of ether oxygens (including phenoxy) is 2. The Morgan fingerprint density at radius 2 is 1.88 bits per heavy atom. The van der Waals surface area contributed by atoms with Crippen molar-refractivity contribution in [2.75, 3.05) is 27.3 Å². The molecular weight excluding hydrogens is 334 g/mol. The highest BCUT2D eigenvalue weighted by Crippen LogP contribution is 2.44. The van der Waals surface area contributed by atoms with Crippen LogP contribution in [-0.4, -0.2) is 49.2 Å². The summed E-state index contributed by atoms with van der Waals surface area (Å²) in [6.07, 6.45) is 2.77. The van der Waals surface area contributed by atoms with Crippen molar-refractivity contribution >= 4 is 11.9 Å². The summed E-state index contributed by atoms with van der Waals surface area (Å²) >= 11 is 0. The molecule has 0 bridgehead atoms. The Bertz CT molecular complexity index is 685. The molecule has 1 aromatic carbocycles. The van der Waals surface area contributed by atoms with Crippen LogP contribution in [-0.2, 0) is 16.0 Å². The number of carbonyl (C=O) groups is 2. The summed E-state index contributed by atoms with van der Waals surface area (Å²) < 4.78 is 10.6. The van der Waals surface area contributed by atoms with Gasteiger partial charge in [0, 0.05) is 19.0 Å². The smallest absolute Gasteiger partial charge is 0.308 e. The van der Waals surface area contributed by atoms with E-state index in [-0.39, 0.29) is 17.7 Å². The Balaban J connectivity index is 1.65. The van der Waals surface area contributed by atoms with Crippen LogP contribution < -0.4 is 9.47 Å². The van der Waals surface area contributed by atoms with Crippen molar-refractivity contribution in [1.82, 2.24) is 4.90 Å². The molecule has 2 aliphatic rings. The van der Waals surface area contributed by atoms with E-state index in [9.17, 15) is 14.7 Å². The van der Waals surface area contributed by atoms with Gasteiger partial charge < -0.3 is 19.5 Å². The number of benzene rings is 1. The molecule has 2 fully saturated rings. The number of carboxylic acid groups (broad SMARTS) is 1. The number of hydrogen-bond acceptors (Lipinski definition) is 4. The lowest BCUT2D eigenvalue weighted by Gasteiger charge is -2.21. The SMILES string of the molecule is COc1ccc(CC(C)C(=O)N2C[C@H](C(=O)O)[C@@H](C3CC3)C2)cc1OC. The van der Waals surface area contributed by atoms with E-state index >= 15 is 0 Å². The van der Waals surface area contributed by atoms with E-state index in [0.29, 0.717) is 36.9 Å². The van der Waals surface area contributed by atoms with Crippen LogP contribution >= 0.6 is 0 Å². The lowest BCUT2D eigenvalue weighted by atomic mass is 9.92. The Kier molecular flexibility index (Phi) is 5.39. The highest BCUT2D eigenvalue weighted by atomic mass is 16.5. The van der Waals surface area contributed by atoms with Crippen molar-refractivity contribution in [2.24, 2.45) is 23.7 Å². The summed E-state index contributed by atoms with van der Waals surface area (Å²) in [5.41, 5.74) is 0.997. The second-order valence-electron chi connectivity index (χ2n) is 7.48. The highest BCUT2D eigenvalue weighted by Gasteiger charge is 2.47. The molecule has 1 N–H and O–H groups in total. The molecular formula is C20H27NO5. The van der Waals surface area contributed by atoms with E-state index in [1.165, 1.54) is 0 Å². The van der Waals surface area contributed by atoms with Gasteiger partial charge in [-0.15, -0.1) is 0 Å². The van der Waals surface area contributed by atoms with Gasteiger partial charge in [-0.05, 0) is 48.8 Å². The number of carbonyl (C=O) groups excluding carboxylic acids is 1. The van der Waals surface area contributed by atoms with Crippen LogP contribution in [0.3, 0.4) is 0 Å². The van der Waals surface area contributed by atoms with Gasteiger partial charge in [0.25, 0.3) is 0 Å². The van der Waals surface area contributed by atoms with Gasteiger partial charge in [0.2, 0.25) is 5.91 Å². The molecule has 1 aliphatic carbocycles. The predicted molar refractivity (Wildman–Crippen MR) is 96.3 cm³/mol. The molecule has 1 aromatic rings. The number of hydrogen-bond donors (Lipinski definition) is 1. The topological polar surface area (TPSA) is 76.1 Å². The number of aliphatic carboxylic acids is 1. The summed E-state index contributed by atoms with van der Waals surface area (Å²) in [5, 5.41) is 9.48. The molecule has 1 saturated heterocycles. The lowest BCUT2D eigenvalue weighted by Crippen LogP contribution is -2.35. The van der Waals surface area contributed by atoms with Gasteiger partial charge in [0.15, 0.2) is 11.5 Å². The van der Waals surface area contributed by atoms with Gasteiger partial charge in [-0.2, -0.15) is 0 Å². The van der Waals surface area contributed by atoms with Gasteiger partial charge in [0.1, 0.15) is 0 Å². The number of amides is 1. The molecule has 6 heteroatoms. The molecule has 1 amide bonds. The first-order valence-corrected chi connectivity index (χ1v) is 9.17. The molecule has 0 aromatic heterocycles. The highest BCUT2D eigenvalue weighted by molar-refractivity contribution is 5.81. The van der Waals surface area contributed by atoms with Crippen molar-refractivity contribution in [3.63, 3.8) is 0 Å². The molecule has 0 spiro atoms. The first kappa shape index (κ1) is 18.5. The van der Waals surface area contributed by atoms with Crippen molar-refractivity contribution < 1.29 is 24.2 Å². The van der Waals surface area contributed by atoms with Gasteiger partial charge in [-0.1, -0.05) is 13.0 Å². The Morgan fingerprint density at radius 3 is 2.46 bits per heavy atom. The summed E-state index contributed by atoms with van der Waals surface area (Å²) in [7, 11) is 3.18. The van der Waals surface area contributed by atoms with Crippen LogP contribution in [0.25, 0.3) is 0 Å². The fraction of sp³-hybridized carbons (Fsp3) is 0.600. The number of likely N-dealkylation sites (tertiary alicyclic amines) is 1. The van der Waals surface area contributed by atoms with Gasteiger partial charge in [-0.25, -0.2) is 0 Å². The van der Waals surface area contributed by atoms with E-state index in [4.69, 9.17) is 9.47 Å². The maximum Gasteiger partial charge on any atom is 0.308 e. The standard InChI is InChI=1S/C20H27NO5/c1-12(8-13-4-7-17(25-2)18(9-13)26-3)19(22)21-10-15(14-5-6-14)16(11-21)20(23)24/h4,7,9,12,14-16H,5-6,8,10-11H2,1-3H3,(H,23,24)/t12?,15-,16+/m1/s1. The number of rotatable bonds is 7. The van der Waals surface area contributed by atoms with E-state index in [0.717, 1.165) is 18.4 Å². The molecule has 3 rings (SSSR count). The Hall–Kier alpha value is -2.24. The van der Waals surface area contributed by atoms with E-state index in [1.807, 2.05) is 25.1 Å². The first-order valence-electron chi connectivity index (χ1n) is 9.17. The zero-order valence-electron chi connectivity index (χ0n) is 15.6. The van der Waals surface area contributed by atoms with E-state index in [1.54, 1.807) is 19.1 Å². The second-order valence-corrected chi connectivity index (χ2v) is 7.48. The molecule has 0 radical (unpaired) electrons. The van der Waals surface area contributed by atoms with Crippen LogP contribution in [0, 0.1) is 23.7 Å². The minimum Gasteiger partial charge on any atom is -0.493 e. The Labute approximate surface area is 154 Å². The molecule has 142 valence electrons. The number of carboxylic acids is 1. The monoisotopic (exact) mass is 361 g/mol. The quantitative estimate of drug-likeness (QED) is 0.807. The minimum atomic E-state index is -0.773. The maximum absolute atomic E-state index is 12.9. The van der Waals surface area contributed by atoms with Crippen molar-refractivity contribution in [1.29, 1.82) is 0 Å². The number of methoxy groups -OCH3 is 2. The molecule has 1 heterocycles.